The van der Waals surface area contributed by atoms with Crippen LogP contribution in [0.2, 0.25) is 0 Å². The Bertz CT molecular complexity index is 251. The van der Waals surface area contributed by atoms with E-state index < -0.39 is 0 Å². The fourth-order valence-electron chi connectivity index (χ4n) is 1.85. The molecule has 108 valence electrons. The van der Waals surface area contributed by atoms with Crippen LogP contribution in [0.1, 0.15) is 54.4 Å². The molecule has 4 nitrogen and oxygen atoms in total. The Morgan fingerprint density at radius 1 is 1.33 bits per heavy atom. The summed E-state index contributed by atoms with van der Waals surface area (Å²) in [7, 11) is 0. The number of amides is 1. The van der Waals surface area contributed by atoms with Gasteiger partial charge in [-0.05, 0) is 54.0 Å². The van der Waals surface area contributed by atoms with Crippen LogP contribution in [0.3, 0.4) is 0 Å². The Labute approximate surface area is 112 Å². The molecule has 0 aromatic carbocycles. The minimum Gasteiger partial charge on any atom is -0.350 e. The standard InChI is InChI=1S/C14H31N3O/c1-7-14(5,6)16-13(18)12(4)17(11(2)3)10-8-9-15/h11-12H,7-10,15H2,1-6H3,(H,16,18). The third-order valence-corrected chi connectivity index (χ3v) is 3.51. The molecule has 4 heteroatoms. The van der Waals surface area contributed by atoms with Crippen molar-refractivity contribution in [2.24, 2.45) is 5.73 Å². The van der Waals surface area contributed by atoms with Crippen molar-refractivity contribution in [2.45, 2.75) is 72.0 Å². The number of nitrogens with two attached hydrogens (primary N) is 1. The maximum Gasteiger partial charge on any atom is 0.237 e. The Balaban J connectivity index is 4.56. The number of hydrogen-bond donors (Lipinski definition) is 2. The molecule has 0 rings (SSSR count). The Morgan fingerprint density at radius 3 is 2.28 bits per heavy atom. The molecule has 0 aliphatic carbocycles. The zero-order chi connectivity index (χ0) is 14.3. The summed E-state index contributed by atoms with van der Waals surface area (Å²) in [6, 6.07) is 0.240. The highest BCUT2D eigenvalue weighted by Gasteiger charge is 2.26. The molecule has 0 saturated heterocycles. The van der Waals surface area contributed by atoms with E-state index in [9.17, 15) is 4.79 Å². The summed E-state index contributed by atoms with van der Waals surface area (Å²) in [6.45, 7) is 13.9. The zero-order valence-corrected chi connectivity index (χ0v) is 12.9. The van der Waals surface area contributed by atoms with Gasteiger partial charge in [-0.25, -0.2) is 0 Å². The van der Waals surface area contributed by atoms with Gasteiger partial charge in [0, 0.05) is 18.1 Å². The number of nitrogens with zero attached hydrogens (tertiary/aromatic N) is 1. The van der Waals surface area contributed by atoms with Crippen molar-refractivity contribution >= 4 is 5.91 Å². The van der Waals surface area contributed by atoms with E-state index in [0.717, 1.165) is 19.4 Å². The second kappa shape index (κ2) is 7.74. The monoisotopic (exact) mass is 257 g/mol. The van der Waals surface area contributed by atoms with Crippen molar-refractivity contribution < 1.29 is 4.79 Å². The quantitative estimate of drug-likeness (QED) is 0.696. The molecule has 0 heterocycles. The molecular weight excluding hydrogens is 226 g/mol. The zero-order valence-electron chi connectivity index (χ0n) is 12.9. The molecule has 18 heavy (non-hydrogen) atoms. The number of carbonyl (C=O) groups excluding carboxylic acids is 1. The smallest absolute Gasteiger partial charge is 0.237 e. The van der Waals surface area contributed by atoms with Crippen LogP contribution in [0.5, 0.6) is 0 Å². The SMILES string of the molecule is CCC(C)(C)NC(=O)C(C)N(CCCN)C(C)C. The first kappa shape index (κ1) is 17.4. The van der Waals surface area contributed by atoms with Gasteiger partial charge in [0.25, 0.3) is 0 Å². The maximum absolute atomic E-state index is 12.2. The molecule has 0 radical (unpaired) electrons. The van der Waals surface area contributed by atoms with Crippen LogP contribution in [-0.4, -0.2) is 41.5 Å². The van der Waals surface area contributed by atoms with E-state index in [-0.39, 0.29) is 17.5 Å². The second-order valence-electron chi connectivity index (χ2n) is 5.88. The van der Waals surface area contributed by atoms with Crippen LogP contribution >= 0.6 is 0 Å². The summed E-state index contributed by atoms with van der Waals surface area (Å²) in [6.07, 6.45) is 1.85. The lowest BCUT2D eigenvalue weighted by Gasteiger charge is -2.34. The lowest BCUT2D eigenvalue weighted by atomic mass is 10.0. The van der Waals surface area contributed by atoms with Crippen molar-refractivity contribution in [3.63, 3.8) is 0 Å². The predicted molar refractivity (Wildman–Crippen MR) is 77.5 cm³/mol. The third-order valence-electron chi connectivity index (χ3n) is 3.51. The third kappa shape index (κ3) is 5.83. The van der Waals surface area contributed by atoms with Crippen LogP contribution in [0.25, 0.3) is 0 Å². The molecule has 0 bridgehead atoms. The molecule has 1 amide bonds. The van der Waals surface area contributed by atoms with Gasteiger partial charge in [-0.1, -0.05) is 6.92 Å². The van der Waals surface area contributed by atoms with Crippen LogP contribution in [0, 0.1) is 0 Å². The van der Waals surface area contributed by atoms with Gasteiger partial charge in [0.15, 0.2) is 0 Å². The summed E-state index contributed by atoms with van der Waals surface area (Å²) in [5.41, 5.74) is 5.41. The molecule has 0 aromatic rings. The van der Waals surface area contributed by atoms with Crippen LogP contribution in [0.15, 0.2) is 0 Å². The van der Waals surface area contributed by atoms with Crippen LogP contribution in [-0.2, 0) is 4.79 Å². The van der Waals surface area contributed by atoms with E-state index >= 15 is 0 Å². The van der Waals surface area contributed by atoms with Crippen molar-refractivity contribution in [2.75, 3.05) is 13.1 Å². The number of nitrogens with one attached hydrogen (secondary N) is 1. The summed E-state index contributed by atoms with van der Waals surface area (Å²) in [5.74, 6) is 0.104. The van der Waals surface area contributed by atoms with E-state index in [2.05, 4.69) is 44.8 Å². The number of rotatable bonds is 8. The fourth-order valence-corrected chi connectivity index (χ4v) is 1.85. The van der Waals surface area contributed by atoms with Gasteiger partial charge in [0.2, 0.25) is 5.91 Å². The van der Waals surface area contributed by atoms with Crippen molar-refractivity contribution in [1.82, 2.24) is 10.2 Å². The summed E-state index contributed by atoms with van der Waals surface area (Å²) in [5, 5.41) is 3.11. The molecule has 0 aliphatic rings. The van der Waals surface area contributed by atoms with Crippen molar-refractivity contribution in [1.29, 1.82) is 0 Å². The molecule has 0 aromatic heterocycles. The van der Waals surface area contributed by atoms with E-state index in [0.29, 0.717) is 12.6 Å². The van der Waals surface area contributed by atoms with Gasteiger partial charge in [0.05, 0.1) is 6.04 Å². The fraction of sp³-hybridized carbons (Fsp3) is 0.929. The molecule has 3 N–H and O–H groups in total. The topological polar surface area (TPSA) is 58.4 Å². The average molecular weight is 257 g/mol. The van der Waals surface area contributed by atoms with Crippen molar-refractivity contribution in [3.8, 4) is 0 Å². The summed E-state index contributed by atoms with van der Waals surface area (Å²) >= 11 is 0. The molecular formula is C14H31N3O. The predicted octanol–water partition coefficient (Wildman–Crippen LogP) is 1.74. The van der Waals surface area contributed by atoms with E-state index in [1.807, 2.05) is 6.92 Å². The Morgan fingerprint density at radius 2 is 1.89 bits per heavy atom. The van der Waals surface area contributed by atoms with Gasteiger partial charge < -0.3 is 11.1 Å². The number of hydrogen-bond acceptors (Lipinski definition) is 3. The van der Waals surface area contributed by atoms with Gasteiger partial charge in [-0.3, -0.25) is 9.69 Å². The van der Waals surface area contributed by atoms with Gasteiger partial charge in [0.1, 0.15) is 0 Å². The van der Waals surface area contributed by atoms with Gasteiger partial charge in [-0.15, -0.1) is 0 Å². The number of carbonyl (C=O) groups is 1. The highest BCUT2D eigenvalue weighted by atomic mass is 16.2. The Kier molecular flexibility index (Phi) is 7.48. The lowest BCUT2D eigenvalue weighted by Crippen LogP contribution is -2.53. The second-order valence-corrected chi connectivity index (χ2v) is 5.88. The lowest BCUT2D eigenvalue weighted by molar-refractivity contribution is -0.128. The van der Waals surface area contributed by atoms with Gasteiger partial charge >= 0.3 is 0 Å². The maximum atomic E-state index is 12.2. The highest BCUT2D eigenvalue weighted by Crippen LogP contribution is 2.11. The first-order valence-electron chi connectivity index (χ1n) is 7.03. The van der Waals surface area contributed by atoms with E-state index in [4.69, 9.17) is 5.73 Å². The Hall–Kier alpha value is -0.610. The molecule has 1 unspecified atom stereocenters. The molecule has 1 atom stereocenters. The van der Waals surface area contributed by atoms with Crippen LogP contribution < -0.4 is 11.1 Å². The first-order valence-corrected chi connectivity index (χ1v) is 7.03. The normalized spacial score (nSPS) is 14.1. The molecule has 0 spiro atoms. The molecule has 0 saturated carbocycles. The van der Waals surface area contributed by atoms with Gasteiger partial charge in [-0.2, -0.15) is 0 Å². The molecule has 0 fully saturated rings. The largest absolute Gasteiger partial charge is 0.350 e. The van der Waals surface area contributed by atoms with Crippen molar-refractivity contribution in [3.05, 3.63) is 0 Å². The minimum atomic E-state index is -0.137. The molecule has 0 aliphatic heterocycles. The first-order chi connectivity index (χ1) is 8.25. The summed E-state index contributed by atoms with van der Waals surface area (Å²) < 4.78 is 0. The van der Waals surface area contributed by atoms with Crippen LogP contribution in [0.4, 0.5) is 0 Å². The van der Waals surface area contributed by atoms with E-state index in [1.165, 1.54) is 0 Å². The van der Waals surface area contributed by atoms with E-state index in [1.54, 1.807) is 0 Å². The summed E-state index contributed by atoms with van der Waals surface area (Å²) in [4.78, 5) is 14.4. The highest BCUT2D eigenvalue weighted by molar-refractivity contribution is 5.82. The average Bonchev–Trinajstić information content (AvgIpc) is 2.28. The minimum absolute atomic E-state index is 0.104.